The van der Waals surface area contributed by atoms with Crippen LogP contribution in [0.1, 0.15) is 16.2 Å². The molecule has 0 spiro atoms. The van der Waals surface area contributed by atoms with Gasteiger partial charge in [0.2, 0.25) is 0 Å². The second-order valence-corrected chi connectivity index (χ2v) is 8.42. The minimum atomic E-state index is -0.598. The van der Waals surface area contributed by atoms with Crippen LogP contribution < -0.4 is 10.7 Å². The molecular formula is C25H16ClN7O3. The molecule has 0 atom stereocenters. The van der Waals surface area contributed by atoms with E-state index in [0.29, 0.717) is 44.4 Å². The van der Waals surface area contributed by atoms with Crippen molar-refractivity contribution >= 4 is 45.3 Å². The van der Waals surface area contributed by atoms with Crippen LogP contribution >= 0.6 is 11.6 Å². The van der Waals surface area contributed by atoms with Gasteiger partial charge in [-0.05, 0) is 37.3 Å². The highest BCUT2D eigenvalue weighted by Crippen LogP contribution is 2.25. The van der Waals surface area contributed by atoms with Gasteiger partial charge in [0, 0.05) is 17.2 Å². The number of nitrogens with zero attached hydrogens (tertiary/aromatic N) is 6. The second-order valence-electron chi connectivity index (χ2n) is 7.98. The highest BCUT2D eigenvalue weighted by Gasteiger charge is 2.20. The molecule has 0 saturated heterocycles. The number of nitrogens with one attached hydrogen (secondary N) is 1. The molecule has 0 aliphatic heterocycles. The Morgan fingerprint density at radius 1 is 1.00 bits per heavy atom. The van der Waals surface area contributed by atoms with Crippen molar-refractivity contribution in [2.24, 2.45) is 0 Å². The van der Waals surface area contributed by atoms with Crippen molar-refractivity contribution in [1.29, 1.82) is 0 Å². The molecule has 0 aliphatic rings. The Hall–Kier alpha value is -4.83. The number of carbonyl (C=O) groups excluding carboxylic acids is 1. The highest BCUT2D eigenvalue weighted by molar-refractivity contribution is 6.30. The Labute approximate surface area is 207 Å². The molecule has 0 fully saturated rings. The minimum Gasteiger partial charge on any atom is -0.451 e. The van der Waals surface area contributed by atoms with Gasteiger partial charge >= 0.3 is 0 Å². The van der Waals surface area contributed by atoms with E-state index in [1.807, 2.05) is 12.1 Å². The summed E-state index contributed by atoms with van der Waals surface area (Å²) >= 11 is 6.15. The number of anilines is 1. The van der Waals surface area contributed by atoms with Gasteiger partial charge in [0.15, 0.2) is 22.7 Å². The molecule has 0 radical (unpaired) electrons. The van der Waals surface area contributed by atoms with Gasteiger partial charge in [-0.2, -0.15) is 14.9 Å². The van der Waals surface area contributed by atoms with Gasteiger partial charge in [-0.25, -0.2) is 14.6 Å². The van der Waals surface area contributed by atoms with E-state index in [4.69, 9.17) is 16.0 Å². The van der Waals surface area contributed by atoms with E-state index in [2.05, 4.69) is 25.5 Å². The molecule has 11 heteroatoms. The van der Waals surface area contributed by atoms with E-state index in [1.165, 1.54) is 17.1 Å². The SMILES string of the molecule is Cc1cc(NC(=O)c2cc(=O)c3ccccc3o2)n(-c2ncnc3c2cnn3-c2cccc(Cl)c2)n1. The largest absolute Gasteiger partial charge is 0.451 e. The van der Waals surface area contributed by atoms with Gasteiger partial charge < -0.3 is 9.73 Å². The number of para-hydroxylation sites is 1. The maximum absolute atomic E-state index is 13.0. The minimum absolute atomic E-state index is 0.120. The predicted octanol–water partition coefficient (Wildman–Crippen LogP) is 4.32. The van der Waals surface area contributed by atoms with Crippen LogP contribution in [0.15, 0.2) is 82.4 Å². The molecule has 6 aromatic rings. The molecule has 0 aliphatic carbocycles. The Balaban J connectivity index is 1.41. The Kier molecular flexibility index (Phi) is 5.08. The van der Waals surface area contributed by atoms with Crippen molar-refractivity contribution in [2.45, 2.75) is 6.92 Å². The van der Waals surface area contributed by atoms with Crippen molar-refractivity contribution < 1.29 is 9.21 Å². The molecule has 4 heterocycles. The maximum atomic E-state index is 13.0. The summed E-state index contributed by atoms with van der Waals surface area (Å²) in [7, 11) is 0. The topological polar surface area (TPSA) is 121 Å². The monoisotopic (exact) mass is 497 g/mol. The number of aryl methyl sites for hydroxylation is 1. The zero-order valence-electron chi connectivity index (χ0n) is 18.7. The number of fused-ring (bicyclic) bond motifs is 2. The van der Waals surface area contributed by atoms with E-state index in [0.717, 1.165) is 5.69 Å². The number of amides is 1. The summed E-state index contributed by atoms with van der Waals surface area (Å²) in [5.41, 5.74) is 1.93. The quantitative estimate of drug-likeness (QED) is 0.385. The molecule has 0 saturated carbocycles. The third-order valence-corrected chi connectivity index (χ3v) is 5.76. The van der Waals surface area contributed by atoms with Crippen molar-refractivity contribution in [1.82, 2.24) is 29.5 Å². The van der Waals surface area contributed by atoms with E-state index in [-0.39, 0.29) is 11.2 Å². The summed E-state index contributed by atoms with van der Waals surface area (Å²) in [4.78, 5) is 34.3. The van der Waals surface area contributed by atoms with E-state index >= 15 is 0 Å². The standard InChI is InChI=1S/C25H16ClN7O3/c1-14-9-22(30-25(35)21-11-19(34)17-7-2-3-8-20(17)36-21)33(31-14)24-18-12-29-32(23(18)27-13-28-24)16-6-4-5-15(26)10-16/h2-13H,1H3,(H,30,35). The normalized spacial score (nSPS) is 11.3. The van der Waals surface area contributed by atoms with E-state index < -0.39 is 5.91 Å². The Morgan fingerprint density at radius 3 is 2.72 bits per heavy atom. The average molecular weight is 498 g/mol. The number of carbonyl (C=O) groups is 1. The van der Waals surface area contributed by atoms with Crippen molar-refractivity contribution in [3.8, 4) is 11.5 Å². The Morgan fingerprint density at radius 2 is 1.86 bits per heavy atom. The molecule has 6 rings (SSSR count). The first-order chi connectivity index (χ1) is 17.5. The van der Waals surface area contributed by atoms with Gasteiger partial charge in [-0.15, -0.1) is 0 Å². The first-order valence-corrected chi connectivity index (χ1v) is 11.2. The zero-order valence-corrected chi connectivity index (χ0v) is 19.5. The second kappa shape index (κ2) is 8.43. The fourth-order valence-corrected chi connectivity index (χ4v) is 4.13. The van der Waals surface area contributed by atoms with Gasteiger partial charge in [-0.3, -0.25) is 9.59 Å². The number of hydrogen-bond donors (Lipinski definition) is 1. The molecule has 36 heavy (non-hydrogen) atoms. The zero-order chi connectivity index (χ0) is 24.8. The van der Waals surface area contributed by atoms with Crippen LogP contribution in [0, 0.1) is 6.92 Å². The summed E-state index contributed by atoms with van der Waals surface area (Å²) in [6, 6.07) is 16.8. The van der Waals surface area contributed by atoms with Crippen molar-refractivity contribution in [3.05, 3.63) is 99.9 Å². The van der Waals surface area contributed by atoms with Crippen LogP contribution in [0.3, 0.4) is 0 Å². The summed E-state index contributed by atoms with van der Waals surface area (Å²) in [6.45, 7) is 1.79. The smallest absolute Gasteiger partial charge is 0.292 e. The predicted molar refractivity (Wildman–Crippen MR) is 134 cm³/mol. The first-order valence-electron chi connectivity index (χ1n) is 10.8. The fraction of sp³-hybridized carbons (Fsp3) is 0.0400. The average Bonchev–Trinajstić information content (AvgIpc) is 3.47. The van der Waals surface area contributed by atoms with Crippen LogP contribution in [0.2, 0.25) is 5.02 Å². The fourth-order valence-electron chi connectivity index (χ4n) is 3.94. The number of hydrogen-bond acceptors (Lipinski definition) is 7. The number of aromatic nitrogens is 6. The molecular weight excluding hydrogens is 482 g/mol. The lowest BCUT2D eigenvalue weighted by Gasteiger charge is -2.09. The molecule has 4 aromatic heterocycles. The summed E-state index contributed by atoms with van der Waals surface area (Å²) in [5, 5.41) is 13.3. The lowest BCUT2D eigenvalue weighted by molar-refractivity contribution is 0.0996. The van der Waals surface area contributed by atoms with Crippen molar-refractivity contribution in [2.75, 3.05) is 5.32 Å². The summed E-state index contributed by atoms with van der Waals surface area (Å²) in [5.74, 6) is 0.0325. The lowest BCUT2D eigenvalue weighted by Crippen LogP contribution is -2.17. The molecule has 2 aromatic carbocycles. The maximum Gasteiger partial charge on any atom is 0.292 e. The molecule has 176 valence electrons. The van der Waals surface area contributed by atoms with Crippen LogP contribution in [0.25, 0.3) is 33.5 Å². The van der Waals surface area contributed by atoms with Crippen LogP contribution in [-0.4, -0.2) is 35.4 Å². The van der Waals surface area contributed by atoms with Crippen LogP contribution in [-0.2, 0) is 0 Å². The van der Waals surface area contributed by atoms with Gasteiger partial charge in [0.05, 0.1) is 28.4 Å². The van der Waals surface area contributed by atoms with E-state index in [1.54, 1.807) is 60.3 Å². The van der Waals surface area contributed by atoms with Gasteiger partial charge in [0.25, 0.3) is 5.91 Å². The summed E-state index contributed by atoms with van der Waals surface area (Å²) in [6.07, 6.45) is 3.02. The molecule has 0 unspecified atom stereocenters. The highest BCUT2D eigenvalue weighted by atomic mass is 35.5. The molecule has 1 amide bonds. The molecule has 10 nitrogen and oxygen atoms in total. The first kappa shape index (κ1) is 21.7. The Bertz CT molecular complexity index is 1850. The van der Waals surface area contributed by atoms with Crippen molar-refractivity contribution in [3.63, 3.8) is 0 Å². The lowest BCUT2D eigenvalue weighted by atomic mass is 10.2. The number of benzene rings is 2. The number of halogens is 1. The summed E-state index contributed by atoms with van der Waals surface area (Å²) < 4.78 is 8.80. The molecule has 0 bridgehead atoms. The van der Waals surface area contributed by atoms with Crippen LogP contribution in [0.4, 0.5) is 5.82 Å². The van der Waals surface area contributed by atoms with E-state index in [9.17, 15) is 9.59 Å². The van der Waals surface area contributed by atoms with Crippen LogP contribution in [0.5, 0.6) is 0 Å². The third kappa shape index (κ3) is 3.69. The van der Waals surface area contributed by atoms with Gasteiger partial charge in [-0.1, -0.05) is 29.8 Å². The van der Waals surface area contributed by atoms with Gasteiger partial charge in [0.1, 0.15) is 17.7 Å². The number of rotatable bonds is 4. The third-order valence-electron chi connectivity index (χ3n) is 5.53. The molecule has 1 N–H and O–H groups in total.